The number of nitrogens with one attached hydrogen (secondary N) is 1. The first kappa shape index (κ1) is 33.0. The number of hydrogen-bond donors (Lipinski definition) is 3. The number of anilines is 2. The lowest BCUT2D eigenvalue weighted by Gasteiger charge is -2.20. The molecule has 2 fully saturated rings. The molecule has 2 saturated heterocycles. The second kappa shape index (κ2) is 13.5. The van der Waals surface area contributed by atoms with E-state index in [1.54, 1.807) is 11.1 Å². The molecule has 0 aliphatic carbocycles. The van der Waals surface area contributed by atoms with Gasteiger partial charge in [-0.1, -0.05) is 24.3 Å². The Hall–Kier alpha value is -5.17. The predicted octanol–water partition coefficient (Wildman–Crippen LogP) is 5.13. The number of carbonyl (C=O) groups is 2. The highest BCUT2D eigenvalue weighted by atomic mass is 16.4. The van der Waals surface area contributed by atoms with E-state index < -0.39 is 11.9 Å². The Labute approximate surface area is 295 Å². The van der Waals surface area contributed by atoms with Gasteiger partial charge in [0.2, 0.25) is 11.8 Å². The summed E-state index contributed by atoms with van der Waals surface area (Å²) in [7, 11) is 0. The number of oxazole rings is 1. The van der Waals surface area contributed by atoms with Gasteiger partial charge in [0, 0.05) is 55.2 Å². The third-order valence-electron chi connectivity index (χ3n) is 10.5. The molecule has 5 aromatic rings. The van der Waals surface area contributed by atoms with Gasteiger partial charge in [-0.3, -0.25) is 24.4 Å². The van der Waals surface area contributed by atoms with Crippen LogP contribution in [0, 0.1) is 19.8 Å². The number of aliphatic hydroxyl groups is 1. The summed E-state index contributed by atoms with van der Waals surface area (Å²) >= 11 is 0. The lowest BCUT2D eigenvalue weighted by atomic mass is 9.93. The smallest absolute Gasteiger partial charge is 0.307 e. The van der Waals surface area contributed by atoms with E-state index in [-0.39, 0.29) is 18.6 Å². The zero-order valence-corrected chi connectivity index (χ0v) is 28.8. The van der Waals surface area contributed by atoms with Crippen molar-refractivity contribution in [1.29, 1.82) is 0 Å². The summed E-state index contributed by atoms with van der Waals surface area (Å²) in [6.07, 6.45) is 4.83. The summed E-state index contributed by atoms with van der Waals surface area (Å²) in [6, 6.07) is 16.5. The zero-order chi connectivity index (χ0) is 35.2. The van der Waals surface area contributed by atoms with Crippen LogP contribution in [0.3, 0.4) is 0 Å². The number of benzene rings is 2. The number of pyridine rings is 2. The number of amides is 1. The fraction of sp³-hybridized carbons (Fsp3) is 0.359. The molecule has 0 bridgehead atoms. The number of aromatic nitrogens is 3. The van der Waals surface area contributed by atoms with E-state index in [9.17, 15) is 19.8 Å². The summed E-state index contributed by atoms with van der Waals surface area (Å²) in [4.78, 5) is 44.5. The van der Waals surface area contributed by atoms with Crippen molar-refractivity contribution in [3.63, 3.8) is 0 Å². The fourth-order valence-electron chi connectivity index (χ4n) is 7.65. The third-order valence-corrected chi connectivity index (χ3v) is 10.5. The van der Waals surface area contributed by atoms with E-state index in [0.29, 0.717) is 56.6 Å². The number of fused-ring (bicyclic) bond motifs is 2. The fourth-order valence-corrected chi connectivity index (χ4v) is 7.65. The maximum atomic E-state index is 13.0. The molecule has 3 aromatic heterocycles. The number of likely N-dealkylation sites (tertiary alicyclic amines) is 2. The summed E-state index contributed by atoms with van der Waals surface area (Å²) in [5.74, 6) is 0.653. The van der Waals surface area contributed by atoms with E-state index in [0.717, 1.165) is 75.2 Å². The van der Waals surface area contributed by atoms with E-state index in [1.165, 1.54) is 0 Å². The molecular formula is C39H41N7O5. The molecule has 0 saturated carbocycles. The first-order valence-electron chi connectivity index (χ1n) is 17.5. The molecule has 51 heavy (non-hydrogen) atoms. The van der Waals surface area contributed by atoms with Crippen LogP contribution in [-0.2, 0) is 29.2 Å². The summed E-state index contributed by atoms with van der Waals surface area (Å²) in [5.41, 5.74) is 8.74. The molecule has 3 aliphatic heterocycles. The Kier molecular flexibility index (Phi) is 8.74. The molecule has 12 nitrogen and oxygen atoms in total. The number of nitrogens with zero attached hydrogens (tertiary/aromatic N) is 6. The topological polar surface area (TPSA) is 148 Å². The summed E-state index contributed by atoms with van der Waals surface area (Å²) < 4.78 is 6.27. The molecule has 0 radical (unpaired) electrons. The minimum Gasteiger partial charge on any atom is -0.481 e. The highest BCUT2D eigenvalue weighted by Gasteiger charge is 2.33. The molecule has 0 spiro atoms. The second-order valence-electron chi connectivity index (χ2n) is 14.0. The van der Waals surface area contributed by atoms with E-state index in [2.05, 4.69) is 47.2 Å². The maximum Gasteiger partial charge on any atom is 0.307 e. The number of aliphatic carboxylic acids is 1. The van der Waals surface area contributed by atoms with E-state index in [1.807, 2.05) is 41.4 Å². The van der Waals surface area contributed by atoms with Gasteiger partial charge in [0.25, 0.3) is 0 Å². The number of rotatable bonds is 9. The molecule has 262 valence electrons. The number of carboxylic acid groups (broad SMARTS) is 1. The normalized spacial score (nSPS) is 19.2. The van der Waals surface area contributed by atoms with Crippen molar-refractivity contribution in [2.45, 2.75) is 52.4 Å². The van der Waals surface area contributed by atoms with Gasteiger partial charge in [0.15, 0.2) is 5.82 Å². The van der Waals surface area contributed by atoms with Gasteiger partial charge in [0.05, 0.1) is 31.7 Å². The van der Waals surface area contributed by atoms with Gasteiger partial charge in [-0.05, 0) is 85.3 Å². The average molecular weight is 688 g/mol. The monoisotopic (exact) mass is 687 g/mol. The molecule has 3 N–H and O–H groups in total. The molecule has 12 heteroatoms. The number of carbonyl (C=O) groups excluding carboxylic acids is 1. The first-order chi connectivity index (χ1) is 24.7. The lowest BCUT2D eigenvalue weighted by molar-refractivity contribution is -0.141. The van der Waals surface area contributed by atoms with Gasteiger partial charge in [0.1, 0.15) is 17.0 Å². The van der Waals surface area contributed by atoms with E-state index >= 15 is 0 Å². The lowest BCUT2D eigenvalue weighted by Crippen LogP contribution is -2.37. The first-order valence-corrected chi connectivity index (χ1v) is 17.5. The minimum absolute atomic E-state index is 0.0452. The van der Waals surface area contributed by atoms with Crippen molar-refractivity contribution in [3.05, 3.63) is 89.1 Å². The molecule has 1 amide bonds. The largest absolute Gasteiger partial charge is 0.481 e. The number of carboxylic acids is 1. The van der Waals surface area contributed by atoms with Crippen LogP contribution in [0.15, 0.2) is 65.3 Å². The average Bonchev–Trinajstić information content (AvgIpc) is 3.91. The Morgan fingerprint density at radius 2 is 1.73 bits per heavy atom. The van der Waals surface area contributed by atoms with Crippen LogP contribution in [0.1, 0.15) is 41.0 Å². The minimum atomic E-state index is -0.803. The Bertz CT molecular complexity index is 2120. The van der Waals surface area contributed by atoms with E-state index in [4.69, 9.17) is 14.4 Å². The van der Waals surface area contributed by atoms with Crippen molar-refractivity contribution in [2.75, 3.05) is 38.0 Å². The van der Waals surface area contributed by atoms with Crippen LogP contribution < -0.4 is 5.32 Å². The Balaban J connectivity index is 0.983. The summed E-state index contributed by atoms with van der Waals surface area (Å²) in [6.45, 7) is 8.46. The van der Waals surface area contributed by atoms with Gasteiger partial charge in [-0.15, -0.1) is 0 Å². The van der Waals surface area contributed by atoms with Crippen molar-refractivity contribution >= 4 is 34.3 Å². The predicted molar refractivity (Wildman–Crippen MR) is 192 cm³/mol. The standard InChI is InChI=1S/C39H41N7O5/c1-23-29(5-3-7-31(23)38-43-33-20-46(21-34(33)51-38)35(48)22-45-13-10-27(18-45)39(49)50)30-6-4-8-32(24(30)2)42-37-36-26(9-12-40-37)15-25(16-41-36)17-44-14-11-28(47)19-44/h3-9,12,15-16,27-28,47H,10-11,13-14,17-22H2,1-2H3,(H,40,42)(H,49,50)/t27-,28+/m0/s1. The second-order valence-corrected chi connectivity index (χ2v) is 14.0. The number of β-amino-alcohol motifs (C(OH)–C–C–N with tert-alkyl or cyclic N) is 1. The zero-order valence-electron chi connectivity index (χ0n) is 28.8. The van der Waals surface area contributed by atoms with Crippen LogP contribution in [0.4, 0.5) is 11.5 Å². The van der Waals surface area contributed by atoms with Crippen LogP contribution in [0.25, 0.3) is 33.5 Å². The number of aliphatic hydroxyl groups excluding tert-OH is 1. The van der Waals surface area contributed by atoms with Crippen LogP contribution in [0.5, 0.6) is 0 Å². The number of hydrogen-bond acceptors (Lipinski definition) is 10. The molecule has 0 unspecified atom stereocenters. The van der Waals surface area contributed by atoms with Gasteiger partial charge < -0.3 is 24.8 Å². The van der Waals surface area contributed by atoms with Gasteiger partial charge in [-0.25, -0.2) is 9.97 Å². The maximum absolute atomic E-state index is 13.0. The van der Waals surface area contributed by atoms with Gasteiger partial charge >= 0.3 is 5.97 Å². The van der Waals surface area contributed by atoms with Crippen LogP contribution in [0.2, 0.25) is 0 Å². The van der Waals surface area contributed by atoms with Crippen molar-refractivity contribution in [2.24, 2.45) is 5.92 Å². The van der Waals surface area contributed by atoms with Gasteiger partial charge in [-0.2, -0.15) is 0 Å². The quantitative estimate of drug-likeness (QED) is 0.190. The molecule has 2 atom stereocenters. The SMILES string of the molecule is Cc1c(Nc2nccc3cc(CN4CC[C@@H](O)C4)cnc23)cccc1-c1cccc(-c2nc3c(o2)CN(C(=O)CN2CC[C@H](C(=O)O)C2)C3)c1C. The van der Waals surface area contributed by atoms with Crippen molar-refractivity contribution in [3.8, 4) is 22.6 Å². The van der Waals surface area contributed by atoms with Crippen LogP contribution in [-0.4, -0.2) is 90.6 Å². The molecule has 3 aliphatic rings. The molecule has 2 aromatic carbocycles. The molecule has 6 heterocycles. The van der Waals surface area contributed by atoms with Crippen molar-refractivity contribution in [1.82, 2.24) is 29.7 Å². The Morgan fingerprint density at radius 1 is 0.941 bits per heavy atom. The third kappa shape index (κ3) is 6.58. The molecule has 8 rings (SSSR count). The highest BCUT2D eigenvalue weighted by Crippen LogP contribution is 2.38. The van der Waals surface area contributed by atoms with Crippen molar-refractivity contribution < 1.29 is 24.2 Å². The van der Waals surface area contributed by atoms with Crippen LogP contribution >= 0.6 is 0 Å². The summed E-state index contributed by atoms with van der Waals surface area (Å²) in [5, 5.41) is 23.8. The highest BCUT2D eigenvalue weighted by molar-refractivity contribution is 5.91. The molecular weight excluding hydrogens is 646 g/mol. The Morgan fingerprint density at radius 3 is 2.49 bits per heavy atom.